The predicted molar refractivity (Wildman–Crippen MR) is 84.9 cm³/mol. The van der Waals surface area contributed by atoms with Gasteiger partial charge in [-0.25, -0.2) is 0 Å². The molecule has 130 valence electrons. The standard InChI is InChI=1S/C15H25N3O5/c1-3-4-5-6-7-8-9-13(11-17(19)20)10-14-15(18(21)22)12(2)16-23-14/h13H,3-11H2,1-2H3. The Bertz CT molecular complexity index is 515. The molecule has 0 aromatic carbocycles. The van der Waals surface area contributed by atoms with Crippen LogP contribution < -0.4 is 0 Å². The van der Waals surface area contributed by atoms with E-state index < -0.39 is 4.92 Å². The quantitative estimate of drug-likeness (QED) is 0.325. The van der Waals surface area contributed by atoms with E-state index in [-0.39, 0.29) is 40.9 Å². The molecular weight excluding hydrogens is 302 g/mol. The summed E-state index contributed by atoms with van der Waals surface area (Å²) in [5.74, 6) is -0.118. The zero-order valence-corrected chi connectivity index (χ0v) is 13.8. The highest BCUT2D eigenvalue weighted by atomic mass is 16.6. The fourth-order valence-electron chi connectivity index (χ4n) is 2.72. The summed E-state index contributed by atoms with van der Waals surface area (Å²) in [4.78, 5) is 21.0. The summed E-state index contributed by atoms with van der Waals surface area (Å²) in [6.07, 6.45) is 7.48. The molecule has 0 amide bonds. The Morgan fingerprint density at radius 3 is 2.39 bits per heavy atom. The molecule has 0 radical (unpaired) electrons. The molecule has 8 nitrogen and oxygen atoms in total. The minimum absolute atomic E-state index is 0.144. The van der Waals surface area contributed by atoms with Gasteiger partial charge < -0.3 is 4.52 Å². The van der Waals surface area contributed by atoms with Gasteiger partial charge in [-0.05, 0) is 13.3 Å². The summed E-state index contributed by atoms with van der Waals surface area (Å²) < 4.78 is 5.01. The second-order valence-corrected chi connectivity index (χ2v) is 5.94. The molecule has 0 saturated carbocycles. The first-order chi connectivity index (χ1) is 11.0. The molecule has 1 heterocycles. The van der Waals surface area contributed by atoms with Crippen molar-refractivity contribution >= 4 is 5.69 Å². The first-order valence-corrected chi connectivity index (χ1v) is 8.17. The molecule has 1 unspecified atom stereocenters. The van der Waals surface area contributed by atoms with Crippen molar-refractivity contribution in [2.24, 2.45) is 5.92 Å². The number of rotatable bonds is 12. The lowest BCUT2D eigenvalue weighted by atomic mass is 9.95. The van der Waals surface area contributed by atoms with Gasteiger partial charge in [-0.2, -0.15) is 0 Å². The van der Waals surface area contributed by atoms with Crippen LogP contribution >= 0.6 is 0 Å². The van der Waals surface area contributed by atoms with Crippen LogP contribution in [0, 0.1) is 33.1 Å². The van der Waals surface area contributed by atoms with Gasteiger partial charge in [0.15, 0.2) is 5.69 Å². The summed E-state index contributed by atoms with van der Waals surface area (Å²) in [5.41, 5.74) is 0.0608. The second kappa shape index (κ2) is 9.91. The largest absolute Gasteiger partial charge is 0.354 e. The minimum atomic E-state index is -0.533. The van der Waals surface area contributed by atoms with Gasteiger partial charge in [0, 0.05) is 17.3 Å². The van der Waals surface area contributed by atoms with E-state index in [1.807, 2.05) is 0 Å². The molecular formula is C15H25N3O5. The van der Waals surface area contributed by atoms with Crippen LogP contribution in [0.4, 0.5) is 5.69 Å². The highest BCUT2D eigenvalue weighted by molar-refractivity contribution is 5.37. The third kappa shape index (κ3) is 6.75. The van der Waals surface area contributed by atoms with E-state index in [0.29, 0.717) is 6.42 Å². The van der Waals surface area contributed by atoms with Gasteiger partial charge >= 0.3 is 5.69 Å². The Morgan fingerprint density at radius 2 is 1.78 bits per heavy atom. The molecule has 0 saturated heterocycles. The molecule has 0 spiro atoms. The van der Waals surface area contributed by atoms with E-state index in [9.17, 15) is 20.2 Å². The highest BCUT2D eigenvalue weighted by Crippen LogP contribution is 2.27. The molecule has 1 aromatic rings. The van der Waals surface area contributed by atoms with Crippen molar-refractivity contribution in [1.29, 1.82) is 0 Å². The van der Waals surface area contributed by atoms with Crippen LogP contribution in [0.1, 0.15) is 63.3 Å². The third-order valence-corrected chi connectivity index (χ3v) is 3.93. The maximum atomic E-state index is 11.0. The number of unbranched alkanes of at least 4 members (excludes halogenated alkanes) is 5. The third-order valence-electron chi connectivity index (χ3n) is 3.93. The second-order valence-electron chi connectivity index (χ2n) is 5.94. The van der Waals surface area contributed by atoms with Crippen LogP contribution in [0.3, 0.4) is 0 Å². The van der Waals surface area contributed by atoms with E-state index in [4.69, 9.17) is 4.52 Å². The van der Waals surface area contributed by atoms with Crippen LogP contribution in [0.2, 0.25) is 0 Å². The zero-order valence-electron chi connectivity index (χ0n) is 13.8. The fraction of sp³-hybridized carbons (Fsp3) is 0.800. The molecule has 1 rings (SSSR count). The molecule has 23 heavy (non-hydrogen) atoms. The minimum Gasteiger partial charge on any atom is -0.354 e. The normalized spacial score (nSPS) is 12.3. The van der Waals surface area contributed by atoms with Crippen molar-refractivity contribution in [1.82, 2.24) is 5.16 Å². The lowest BCUT2D eigenvalue weighted by molar-refractivity contribution is -0.488. The Labute approximate surface area is 135 Å². The number of hydrogen-bond acceptors (Lipinski definition) is 6. The van der Waals surface area contributed by atoms with Crippen molar-refractivity contribution in [2.45, 2.75) is 65.2 Å². The predicted octanol–water partition coefficient (Wildman–Crippen LogP) is 4.08. The van der Waals surface area contributed by atoms with Gasteiger partial charge in [0.1, 0.15) is 0 Å². The number of aryl methyl sites for hydroxylation is 1. The summed E-state index contributed by atoms with van der Waals surface area (Å²) in [6.45, 7) is 3.45. The van der Waals surface area contributed by atoms with Crippen molar-refractivity contribution in [3.8, 4) is 0 Å². The van der Waals surface area contributed by atoms with Gasteiger partial charge in [-0.15, -0.1) is 0 Å². The van der Waals surface area contributed by atoms with Crippen LogP contribution in [0.15, 0.2) is 4.52 Å². The number of nitrogens with zero attached hydrogens (tertiary/aromatic N) is 3. The molecule has 0 aliphatic rings. The summed E-state index contributed by atoms with van der Waals surface area (Å²) in [5, 5.41) is 25.5. The van der Waals surface area contributed by atoms with Crippen LogP contribution in [-0.4, -0.2) is 21.5 Å². The van der Waals surface area contributed by atoms with E-state index >= 15 is 0 Å². The molecule has 0 bridgehead atoms. The number of aromatic nitrogens is 1. The lowest BCUT2D eigenvalue weighted by Crippen LogP contribution is -2.17. The average molecular weight is 327 g/mol. The van der Waals surface area contributed by atoms with E-state index in [2.05, 4.69) is 12.1 Å². The maximum absolute atomic E-state index is 11.0. The number of hydrogen-bond donors (Lipinski definition) is 0. The first kappa shape index (κ1) is 19.1. The van der Waals surface area contributed by atoms with Crippen LogP contribution in [-0.2, 0) is 6.42 Å². The SMILES string of the molecule is CCCCCCCCC(Cc1onc(C)c1[N+](=O)[O-])C[N+](=O)[O-]. The number of nitro groups is 2. The monoisotopic (exact) mass is 327 g/mol. The van der Waals surface area contributed by atoms with Crippen molar-refractivity contribution in [3.63, 3.8) is 0 Å². The Hall–Kier alpha value is -1.99. The lowest BCUT2D eigenvalue weighted by Gasteiger charge is -2.10. The van der Waals surface area contributed by atoms with E-state index in [0.717, 1.165) is 19.3 Å². The van der Waals surface area contributed by atoms with Gasteiger partial charge in [0.25, 0.3) is 0 Å². The van der Waals surface area contributed by atoms with Crippen molar-refractivity contribution < 1.29 is 14.4 Å². The van der Waals surface area contributed by atoms with Crippen LogP contribution in [0.5, 0.6) is 0 Å². The van der Waals surface area contributed by atoms with Gasteiger partial charge in [0.05, 0.1) is 4.92 Å². The molecule has 8 heteroatoms. The molecule has 0 aliphatic carbocycles. The van der Waals surface area contributed by atoms with Gasteiger partial charge in [0.2, 0.25) is 12.3 Å². The van der Waals surface area contributed by atoms with Crippen LogP contribution in [0.25, 0.3) is 0 Å². The molecule has 1 aromatic heterocycles. The Balaban J connectivity index is 2.58. The smallest absolute Gasteiger partial charge is 0.334 e. The van der Waals surface area contributed by atoms with E-state index in [1.165, 1.54) is 26.2 Å². The molecule has 0 aliphatic heterocycles. The zero-order chi connectivity index (χ0) is 17.2. The van der Waals surface area contributed by atoms with Gasteiger partial charge in [-0.3, -0.25) is 20.2 Å². The average Bonchev–Trinajstić information content (AvgIpc) is 2.82. The molecule has 0 N–H and O–H groups in total. The van der Waals surface area contributed by atoms with Crippen molar-refractivity contribution in [3.05, 3.63) is 31.7 Å². The van der Waals surface area contributed by atoms with Crippen molar-refractivity contribution in [2.75, 3.05) is 6.54 Å². The highest BCUT2D eigenvalue weighted by Gasteiger charge is 2.28. The Kier molecular flexibility index (Phi) is 8.21. The van der Waals surface area contributed by atoms with Gasteiger partial charge in [-0.1, -0.05) is 50.6 Å². The summed E-state index contributed by atoms with van der Waals surface area (Å²) in [7, 11) is 0. The van der Waals surface area contributed by atoms with E-state index in [1.54, 1.807) is 0 Å². The maximum Gasteiger partial charge on any atom is 0.334 e. The topological polar surface area (TPSA) is 112 Å². The summed E-state index contributed by atoms with van der Waals surface area (Å²) in [6, 6.07) is 0. The molecule has 0 fully saturated rings. The fourth-order valence-corrected chi connectivity index (χ4v) is 2.72. The Morgan fingerprint density at radius 1 is 1.13 bits per heavy atom. The summed E-state index contributed by atoms with van der Waals surface area (Å²) >= 11 is 0. The first-order valence-electron chi connectivity index (χ1n) is 8.17. The molecule has 1 atom stereocenters.